The van der Waals surface area contributed by atoms with Crippen molar-refractivity contribution in [2.24, 2.45) is 0 Å². The first-order valence-corrected chi connectivity index (χ1v) is 8.87. The molecule has 1 aliphatic rings. The topological polar surface area (TPSA) is 68.3 Å². The smallest absolute Gasteiger partial charge is 0.260 e. The molecular weight excluding hydrogens is 340 g/mol. The van der Waals surface area contributed by atoms with Gasteiger partial charge in [-0.25, -0.2) is 14.5 Å². The minimum Gasteiger partial charge on any atom is -0.328 e. The highest BCUT2D eigenvalue weighted by Gasteiger charge is 2.34. The summed E-state index contributed by atoms with van der Waals surface area (Å²) < 4.78 is 3.82. The number of hydrogen-bond donors (Lipinski definition) is 0. The molecule has 0 radical (unpaired) electrons. The van der Waals surface area contributed by atoms with E-state index >= 15 is 0 Å². The molecular formula is C20H18N6O. The van der Waals surface area contributed by atoms with Crippen LogP contribution in [-0.2, 0) is 13.1 Å². The van der Waals surface area contributed by atoms with Gasteiger partial charge in [0.2, 0.25) is 0 Å². The molecule has 7 nitrogen and oxygen atoms in total. The summed E-state index contributed by atoms with van der Waals surface area (Å²) in [6, 6.07) is 11.9. The predicted molar refractivity (Wildman–Crippen MR) is 99.0 cm³/mol. The average molecular weight is 358 g/mol. The first-order chi connectivity index (χ1) is 13.2. The Morgan fingerprint density at radius 1 is 1.11 bits per heavy atom. The van der Waals surface area contributed by atoms with E-state index in [0.29, 0.717) is 24.3 Å². The highest BCUT2D eigenvalue weighted by atomic mass is 16.2. The van der Waals surface area contributed by atoms with Gasteiger partial charge in [0, 0.05) is 30.8 Å². The lowest BCUT2D eigenvalue weighted by Crippen LogP contribution is -2.41. The van der Waals surface area contributed by atoms with E-state index in [1.165, 1.54) is 0 Å². The number of carbonyl (C=O) groups excluding carboxylic acids is 1. The van der Waals surface area contributed by atoms with E-state index in [0.717, 1.165) is 17.1 Å². The van der Waals surface area contributed by atoms with Gasteiger partial charge in [0.05, 0.1) is 18.8 Å². The fourth-order valence-electron chi connectivity index (χ4n) is 3.73. The van der Waals surface area contributed by atoms with E-state index in [4.69, 9.17) is 0 Å². The molecule has 0 fully saturated rings. The number of benzene rings is 1. The Morgan fingerprint density at radius 3 is 2.81 bits per heavy atom. The van der Waals surface area contributed by atoms with Crippen molar-refractivity contribution < 1.29 is 4.79 Å². The van der Waals surface area contributed by atoms with Gasteiger partial charge in [-0.2, -0.15) is 5.10 Å². The van der Waals surface area contributed by atoms with Crippen molar-refractivity contribution in [3.8, 4) is 0 Å². The Kier molecular flexibility index (Phi) is 3.53. The maximum Gasteiger partial charge on any atom is 0.260 e. The Morgan fingerprint density at radius 2 is 1.96 bits per heavy atom. The maximum atomic E-state index is 13.5. The van der Waals surface area contributed by atoms with Crippen LogP contribution < -0.4 is 0 Å². The molecule has 27 heavy (non-hydrogen) atoms. The highest BCUT2D eigenvalue weighted by Crippen LogP contribution is 2.31. The molecule has 1 atom stereocenters. The van der Waals surface area contributed by atoms with Crippen LogP contribution in [0.15, 0.2) is 61.2 Å². The quantitative estimate of drug-likeness (QED) is 0.552. The molecule has 0 N–H and O–H groups in total. The normalized spacial score (nSPS) is 16.5. The minimum absolute atomic E-state index is 0.0715. The lowest BCUT2D eigenvalue weighted by molar-refractivity contribution is 0.0584. The van der Waals surface area contributed by atoms with E-state index in [1.807, 2.05) is 36.2 Å². The van der Waals surface area contributed by atoms with Gasteiger partial charge in [0.25, 0.3) is 5.91 Å². The Labute approximate surface area is 155 Å². The number of nitrogens with zero attached hydrogens (tertiary/aromatic N) is 6. The summed E-state index contributed by atoms with van der Waals surface area (Å²) in [5, 5.41) is 4.27. The number of rotatable bonds is 2. The summed E-state index contributed by atoms with van der Waals surface area (Å²) in [6.45, 7) is 3.19. The molecule has 7 heteroatoms. The Balaban J connectivity index is 1.60. The van der Waals surface area contributed by atoms with Crippen LogP contribution in [0.1, 0.15) is 33.5 Å². The molecule has 134 valence electrons. The first-order valence-electron chi connectivity index (χ1n) is 8.87. The van der Waals surface area contributed by atoms with Gasteiger partial charge in [-0.05, 0) is 18.6 Å². The summed E-state index contributed by atoms with van der Waals surface area (Å²) in [7, 11) is 0. The second-order valence-electron chi connectivity index (χ2n) is 6.73. The van der Waals surface area contributed by atoms with Crippen molar-refractivity contribution in [3.05, 3.63) is 83.8 Å². The van der Waals surface area contributed by atoms with Crippen LogP contribution in [0.25, 0.3) is 5.65 Å². The molecule has 1 aromatic carbocycles. The second-order valence-corrected chi connectivity index (χ2v) is 6.73. The van der Waals surface area contributed by atoms with Crippen molar-refractivity contribution in [2.45, 2.75) is 26.1 Å². The zero-order chi connectivity index (χ0) is 18.4. The van der Waals surface area contributed by atoms with Gasteiger partial charge in [0.1, 0.15) is 11.4 Å². The Bertz CT molecular complexity index is 1130. The van der Waals surface area contributed by atoms with E-state index in [2.05, 4.69) is 31.8 Å². The number of aryl methyl sites for hydroxylation is 1. The minimum atomic E-state index is -0.0792. The molecule has 1 aliphatic heterocycles. The molecule has 0 saturated carbocycles. The molecule has 0 unspecified atom stereocenters. The lowest BCUT2D eigenvalue weighted by atomic mass is 10.0. The van der Waals surface area contributed by atoms with Crippen LogP contribution in [0.2, 0.25) is 0 Å². The van der Waals surface area contributed by atoms with Gasteiger partial charge in [-0.1, -0.05) is 30.3 Å². The maximum absolute atomic E-state index is 13.5. The standard InChI is InChI=1S/C20H18N6O/c1-14-10-22-18-13-25(17(12-24(14)18)15-6-3-2-4-7-15)20(27)16-11-23-26-9-5-8-21-19(16)26/h2-11,17H,12-13H2,1H3/t17-/m1/s1. The van der Waals surface area contributed by atoms with Gasteiger partial charge in [-0.15, -0.1) is 0 Å². The van der Waals surface area contributed by atoms with E-state index in [9.17, 15) is 4.79 Å². The zero-order valence-corrected chi connectivity index (χ0v) is 14.9. The van der Waals surface area contributed by atoms with Crippen LogP contribution in [0.5, 0.6) is 0 Å². The van der Waals surface area contributed by atoms with Crippen molar-refractivity contribution in [1.82, 2.24) is 29.0 Å². The van der Waals surface area contributed by atoms with Crippen molar-refractivity contribution >= 4 is 11.6 Å². The monoisotopic (exact) mass is 358 g/mol. The number of carbonyl (C=O) groups is 1. The third kappa shape index (κ3) is 2.51. The third-order valence-electron chi connectivity index (χ3n) is 5.14. The SMILES string of the molecule is Cc1cnc2n1C[C@H](c1ccccc1)N(C(=O)c1cnn3cccnc13)C2. The van der Waals surface area contributed by atoms with Crippen molar-refractivity contribution in [1.29, 1.82) is 0 Å². The van der Waals surface area contributed by atoms with E-state index in [1.54, 1.807) is 29.2 Å². The van der Waals surface area contributed by atoms with Gasteiger partial charge >= 0.3 is 0 Å². The third-order valence-corrected chi connectivity index (χ3v) is 5.14. The summed E-state index contributed by atoms with van der Waals surface area (Å²) in [4.78, 5) is 24.2. The number of aromatic nitrogens is 5. The molecule has 0 aliphatic carbocycles. The second kappa shape index (κ2) is 6.05. The van der Waals surface area contributed by atoms with Crippen molar-refractivity contribution in [3.63, 3.8) is 0 Å². The number of hydrogen-bond acceptors (Lipinski definition) is 4. The first kappa shape index (κ1) is 15.7. The predicted octanol–water partition coefficient (Wildman–Crippen LogP) is 2.63. The molecule has 1 amide bonds. The van der Waals surface area contributed by atoms with Gasteiger partial charge in [-0.3, -0.25) is 4.79 Å². The molecule has 4 aromatic rings. The summed E-state index contributed by atoms with van der Waals surface area (Å²) in [5.74, 6) is 0.821. The number of imidazole rings is 1. The van der Waals surface area contributed by atoms with Crippen LogP contribution in [0, 0.1) is 6.92 Å². The van der Waals surface area contributed by atoms with Gasteiger partial charge < -0.3 is 9.47 Å². The Hall–Kier alpha value is -3.48. The van der Waals surface area contributed by atoms with Gasteiger partial charge in [0.15, 0.2) is 5.65 Å². The highest BCUT2D eigenvalue weighted by molar-refractivity contribution is 5.99. The summed E-state index contributed by atoms with van der Waals surface area (Å²) in [5.41, 5.74) is 3.29. The van der Waals surface area contributed by atoms with E-state index in [-0.39, 0.29) is 11.9 Å². The largest absolute Gasteiger partial charge is 0.328 e. The summed E-state index contributed by atoms with van der Waals surface area (Å²) >= 11 is 0. The molecule has 0 saturated heterocycles. The summed E-state index contributed by atoms with van der Waals surface area (Å²) in [6.07, 6.45) is 6.93. The van der Waals surface area contributed by atoms with Crippen LogP contribution in [0.4, 0.5) is 0 Å². The fourth-order valence-corrected chi connectivity index (χ4v) is 3.73. The lowest BCUT2D eigenvalue weighted by Gasteiger charge is -2.36. The molecule has 0 spiro atoms. The molecule has 0 bridgehead atoms. The fraction of sp³-hybridized carbons (Fsp3) is 0.200. The van der Waals surface area contributed by atoms with Crippen LogP contribution in [-0.4, -0.2) is 35.0 Å². The van der Waals surface area contributed by atoms with E-state index < -0.39 is 0 Å². The van der Waals surface area contributed by atoms with Crippen LogP contribution >= 0.6 is 0 Å². The molecule has 4 heterocycles. The molecule has 5 rings (SSSR count). The van der Waals surface area contributed by atoms with Crippen molar-refractivity contribution in [2.75, 3.05) is 0 Å². The number of amides is 1. The zero-order valence-electron chi connectivity index (χ0n) is 14.9. The average Bonchev–Trinajstić information content (AvgIpc) is 3.31. The molecule has 3 aromatic heterocycles. The van der Waals surface area contributed by atoms with Crippen LogP contribution in [0.3, 0.4) is 0 Å². The number of fused-ring (bicyclic) bond motifs is 2.